The van der Waals surface area contributed by atoms with E-state index in [1.54, 1.807) is 0 Å². The Morgan fingerprint density at radius 1 is 1.42 bits per heavy atom. The van der Waals surface area contributed by atoms with E-state index in [9.17, 15) is 0 Å². The van der Waals surface area contributed by atoms with Gasteiger partial charge in [0, 0.05) is 20.1 Å². The van der Waals surface area contributed by atoms with Gasteiger partial charge in [-0.05, 0) is 19.4 Å². The molecule has 0 saturated carbocycles. The molecule has 19 heavy (non-hydrogen) atoms. The van der Waals surface area contributed by atoms with E-state index in [0.717, 1.165) is 24.5 Å². The lowest BCUT2D eigenvalue weighted by Crippen LogP contribution is -2.32. The zero-order valence-electron chi connectivity index (χ0n) is 11.8. The Bertz CT molecular complexity index is 428. The molecule has 0 amide bonds. The number of hydrogen-bond acceptors (Lipinski definition) is 2. The van der Waals surface area contributed by atoms with Gasteiger partial charge in [-0.2, -0.15) is 0 Å². The third-order valence-corrected chi connectivity index (χ3v) is 3.15. The summed E-state index contributed by atoms with van der Waals surface area (Å²) in [5, 5.41) is 3.29. The van der Waals surface area contributed by atoms with Gasteiger partial charge in [-0.25, -0.2) is 0 Å². The topological polar surface area (TPSA) is 53.7 Å². The molecule has 3 N–H and O–H groups in total. The second-order valence-electron chi connectivity index (χ2n) is 4.39. The predicted molar refractivity (Wildman–Crippen MR) is 85.5 cm³/mol. The third-order valence-electron chi connectivity index (χ3n) is 3.15. The minimum Gasteiger partial charge on any atom is -0.396 e. The van der Waals surface area contributed by atoms with Crippen LogP contribution in [0.1, 0.15) is 24.1 Å². The largest absolute Gasteiger partial charge is 0.396 e. The van der Waals surface area contributed by atoms with Crippen LogP contribution in [0, 0.1) is 6.92 Å². The number of aryl methyl sites for hydroxylation is 1. The summed E-state index contributed by atoms with van der Waals surface area (Å²) in [5.41, 5.74) is 8.27. The summed E-state index contributed by atoms with van der Waals surface area (Å²) in [5.74, 6) is 1.01. The highest BCUT2D eigenvalue weighted by atomic mass is 32.1. The van der Waals surface area contributed by atoms with Crippen LogP contribution < -0.4 is 11.1 Å². The molecule has 1 aromatic rings. The van der Waals surface area contributed by atoms with E-state index in [0.29, 0.717) is 6.04 Å². The van der Waals surface area contributed by atoms with Crippen LogP contribution in [0.4, 0.5) is 0 Å². The molecular formula is C14H22N4S. The van der Waals surface area contributed by atoms with Gasteiger partial charge in [0.1, 0.15) is 0 Å². The van der Waals surface area contributed by atoms with E-state index < -0.39 is 0 Å². The standard InChI is InChI=1S/C13H19N3.CH3NS/c1-10-4-6-12(7-5-10)11(2)16-9-8-15-13(16)14-3;2-1-3/h4-7,11H,8-9H2,1-3H3,(H,14,15);1H,(H2,2,3). The van der Waals surface area contributed by atoms with Gasteiger partial charge in [0.2, 0.25) is 0 Å². The smallest absolute Gasteiger partial charge is 0.194 e. The summed E-state index contributed by atoms with van der Waals surface area (Å²) >= 11 is 4.05. The minimum atomic E-state index is 0.384. The Morgan fingerprint density at radius 2 is 2.00 bits per heavy atom. The number of nitrogens with one attached hydrogen (secondary N) is 1. The van der Waals surface area contributed by atoms with Gasteiger partial charge in [-0.1, -0.05) is 42.0 Å². The third kappa shape index (κ3) is 4.21. The summed E-state index contributed by atoms with van der Waals surface area (Å²) in [6.07, 6.45) is 0. The molecular weight excluding hydrogens is 256 g/mol. The SMILES string of the molecule is CN=C1NCCN1C(C)c1ccc(C)cc1.NC=S. The van der Waals surface area contributed by atoms with Gasteiger partial charge >= 0.3 is 0 Å². The predicted octanol–water partition coefficient (Wildman–Crippen LogP) is 1.85. The van der Waals surface area contributed by atoms with Crippen LogP contribution in [-0.4, -0.2) is 36.5 Å². The zero-order chi connectivity index (χ0) is 14.3. The second-order valence-corrected chi connectivity index (χ2v) is 4.66. The molecule has 0 bridgehead atoms. The fourth-order valence-corrected chi connectivity index (χ4v) is 2.11. The molecule has 1 fully saturated rings. The minimum absolute atomic E-state index is 0.384. The lowest BCUT2D eigenvalue weighted by molar-refractivity contribution is 0.369. The summed E-state index contributed by atoms with van der Waals surface area (Å²) in [4.78, 5) is 6.57. The van der Waals surface area contributed by atoms with Crippen molar-refractivity contribution in [1.82, 2.24) is 10.2 Å². The van der Waals surface area contributed by atoms with Crippen LogP contribution in [0.15, 0.2) is 29.3 Å². The van der Waals surface area contributed by atoms with Gasteiger partial charge in [0.15, 0.2) is 5.96 Å². The first-order valence-corrected chi connectivity index (χ1v) is 6.80. The molecule has 0 aromatic heterocycles. The molecule has 1 aromatic carbocycles. The first kappa shape index (κ1) is 15.4. The highest BCUT2D eigenvalue weighted by molar-refractivity contribution is 7.78. The maximum atomic E-state index is 4.54. The summed E-state index contributed by atoms with van der Waals surface area (Å²) < 4.78 is 0. The highest BCUT2D eigenvalue weighted by Crippen LogP contribution is 2.21. The lowest BCUT2D eigenvalue weighted by Gasteiger charge is -2.25. The van der Waals surface area contributed by atoms with E-state index in [-0.39, 0.29) is 0 Å². The van der Waals surface area contributed by atoms with E-state index >= 15 is 0 Å². The van der Waals surface area contributed by atoms with Crippen molar-refractivity contribution in [1.29, 1.82) is 0 Å². The van der Waals surface area contributed by atoms with Crippen molar-refractivity contribution < 1.29 is 0 Å². The van der Waals surface area contributed by atoms with E-state index in [1.165, 1.54) is 11.1 Å². The molecule has 4 nitrogen and oxygen atoms in total. The molecule has 1 aliphatic heterocycles. The molecule has 1 aliphatic rings. The van der Waals surface area contributed by atoms with Gasteiger partial charge in [0.05, 0.1) is 11.5 Å². The van der Waals surface area contributed by atoms with Crippen molar-refractivity contribution in [3.05, 3.63) is 35.4 Å². The van der Waals surface area contributed by atoms with Crippen molar-refractivity contribution >= 4 is 23.7 Å². The number of thiocarbonyl (C=S) groups is 1. The van der Waals surface area contributed by atoms with Gasteiger partial charge in [-0.3, -0.25) is 4.99 Å². The zero-order valence-corrected chi connectivity index (χ0v) is 12.6. The average molecular weight is 278 g/mol. The number of guanidine groups is 1. The van der Waals surface area contributed by atoms with Crippen molar-refractivity contribution in [3.8, 4) is 0 Å². The Hall–Kier alpha value is -1.62. The normalized spacial score (nSPS) is 17.4. The number of aliphatic imine (C=N–C) groups is 1. The van der Waals surface area contributed by atoms with Crippen molar-refractivity contribution in [2.24, 2.45) is 10.7 Å². The lowest BCUT2D eigenvalue weighted by atomic mass is 10.1. The molecule has 5 heteroatoms. The Kier molecular flexibility index (Phi) is 6.29. The Morgan fingerprint density at radius 3 is 2.53 bits per heavy atom. The highest BCUT2D eigenvalue weighted by Gasteiger charge is 2.23. The second kappa shape index (κ2) is 7.74. The van der Waals surface area contributed by atoms with Crippen molar-refractivity contribution in [3.63, 3.8) is 0 Å². The number of rotatable bonds is 2. The quantitative estimate of drug-likeness (QED) is 0.811. The first-order chi connectivity index (χ1) is 9.13. The van der Waals surface area contributed by atoms with E-state index in [1.807, 2.05) is 7.05 Å². The molecule has 104 valence electrons. The number of nitrogens with two attached hydrogens (primary N) is 1. The maximum Gasteiger partial charge on any atom is 0.194 e. The van der Waals surface area contributed by atoms with Crippen molar-refractivity contribution in [2.45, 2.75) is 19.9 Å². The summed E-state index contributed by atoms with van der Waals surface area (Å²) in [7, 11) is 1.84. The molecule has 0 radical (unpaired) electrons. The van der Waals surface area contributed by atoms with E-state index in [2.05, 4.69) is 71.3 Å². The fraction of sp³-hybridized carbons (Fsp3) is 0.429. The van der Waals surface area contributed by atoms with Crippen LogP contribution >= 0.6 is 12.2 Å². The van der Waals surface area contributed by atoms with E-state index in [4.69, 9.17) is 0 Å². The average Bonchev–Trinajstić information content (AvgIpc) is 2.88. The number of hydrogen-bond donors (Lipinski definition) is 2. The Balaban J connectivity index is 0.000000550. The van der Waals surface area contributed by atoms with Gasteiger partial charge < -0.3 is 16.0 Å². The first-order valence-electron chi connectivity index (χ1n) is 6.33. The fourth-order valence-electron chi connectivity index (χ4n) is 2.11. The molecule has 1 unspecified atom stereocenters. The van der Waals surface area contributed by atoms with Gasteiger partial charge in [0.25, 0.3) is 0 Å². The molecule has 1 atom stereocenters. The molecule has 2 rings (SSSR count). The summed E-state index contributed by atoms with van der Waals surface area (Å²) in [6, 6.07) is 9.11. The van der Waals surface area contributed by atoms with Crippen LogP contribution in [0.25, 0.3) is 0 Å². The summed E-state index contributed by atoms with van der Waals surface area (Å²) in [6.45, 7) is 6.36. The maximum absolute atomic E-state index is 4.54. The Labute approximate surface area is 120 Å². The van der Waals surface area contributed by atoms with Crippen LogP contribution in [0.5, 0.6) is 0 Å². The van der Waals surface area contributed by atoms with Crippen LogP contribution in [-0.2, 0) is 0 Å². The van der Waals surface area contributed by atoms with Gasteiger partial charge in [-0.15, -0.1) is 0 Å². The van der Waals surface area contributed by atoms with Crippen molar-refractivity contribution in [2.75, 3.05) is 20.1 Å². The molecule has 1 saturated heterocycles. The molecule has 1 heterocycles. The van der Waals surface area contributed by atoms with Crippen LogP contribution in [0.2, 0.25) is 0 Å². The monoisotopic (exact) mass is 278 g/mol. The number of benzene rings is 1. The molecule has 0 spiro atoms. The van der Waals surface area contributed by atoms with Crippen LogP contribution in [0.3, 0.4) is 0 Å². The number of nitrogens with zero attached hydrogens (tertiary/aromatic N) is 2. The molecule has 0 aliphatic carbocycles.